The Kier molecular flexibility index (Phi) is 3.21. The lowest BCUT2D eigenvalue weighted by atomic mass is 9.27. The van der Waals surface area contributed by atoms with Crippen molar-refractivity contribution < 1.29 is 9.53 Å². The lowest BCUT2D eigenvalue weighted by Gasteiger charge is -2.78. The molecule has 1 fully saturated rings. The fourth-order valence-electron chi connectivity index (χ4n) is 5.05. The first-order valence-electron chi connectivity index (χ1n) is 7.78. The quantitative estimate of drug-likeness (QED) is 0.521. The number of carbonyl (C=O) groups excluding carboxylic acids is 1. The minimum absolute atomic E-state index is 0.0610. The molecular formula is C19H23BrO2. The molecule has 22 heavy (non-hydrogen) atoms. The normalized spacial score (nSPS) is 39.7. The summed E-state index contributed by atoms with van der Waals surface area (Å²) in [5.74, 6) is 0.0792. The van der Waals surface area contributed by atoms with Gasteiger partial charge in [-0.1, -0.05) is 47.8 Å². The van der Waals surface area contributed by atoms with Crippen LogP contribution >= 0.6 is 15.9 Å². The highest BCUT2D eigenvalue weighted by atomic mass is 79.9. The molecule has 3 heteroatoms. The number of halogens is 1. The van der Waals surface area contributed by atoms with E-state index in [4.69, 9.17) is 4.74 Å². The van der Waals surface area contributed by atoms with E-state index in [0.29, 0.717) is 11.5 Å². The molecule has 0 spiro atoms. The van der Waals surface area contributed by atoms with Crippen molar-refractivity contribution in [2.75, 3.05) is 0 Å². The maximum absolute atomic E-state index is 12.6. The van der Waals surface area contributed by atoms with Crippen LogP contribution < -0.4 is 0 Å². The highest BCUT2D eigenvalue weighted by Gasteiger charge is 2.80. The smallest absolute Gasteiger partial charge is 0.338 e. The number of ether oxygens (including phenoxy) is 1. The van der Waals surface area contributed by atoms with Gasteiger partial charge in [-0.2, -0.15) is 0 Å². The number of hydrogen-bond acceptors (Lipinski definition) is 2. The Morgan fingerprint density at radius 3 is 2.18 bits per heavy atom. The fourth-order valence-corrected chi connectivity index (χ4v) is 5.31. The highest BCUT2D eigenvalue weighted by molar-refractivity contribution is 9.10. The molecule has 1 aromatic carbocycles. The van der Waals surface area contributed by atoms with Crippen LogP contribution in [0, 0.1) is 16.7 Å². The summed E-state index contributed by atoms with van der Waals surface area (Å²) in [6.45, 7) is 13.2. The third-order valence-electron chi connectivity index (χ3n) is 7.20. The Morgan fingerprint density at radius 1 is 1.09 bits per heavy atom. The Hall–Kier alpha value is -1.09. The van der Waals surface area contributed by atoms with Gasteiger partial charge >= 0.3 is 5.97 Å². The maximum atomic E-state index is 12.6. The first kappa shape index (κ1) is 15.8. The average Bonchev–Trinajstić information content (AvgIpc) is 2.51. The van der Waals surface area contributed by atoms with Crippen molar-refractivity contribution in [3.8, 4) is 0 Å². The van der Waals surface area contributed by atoms with Crippen LogP contribution in [0.2, 0.25) is 0 Å². The van der Waals surface area contributed by atoms with Gasteiger partial charge in [0.2, 0.25) is 0 Å². The molecule has 1 aromatic rings. The van der Waals surface area contributed by atoms with Gasteiger partial charge in [0.25, 0.3) is 0 Å². The summed E-state index contributed by atoms with van der Waals surface area (Å²) in [6, 6.07) is 7.34. The second-order valence-corrected chi connectivity index (χ2v) is 8.22. The molecule has 1 saturated carbocycles. The minimum Gasteiger partial charge on any atom is -0.454 e. The first-order chi connectivity index (χ1) is 10.1. The molecule has 0 aliphatic heterocycles. The standard InChI is InChI=1S/C19H23BrO2/c1-11-12(2)18(5)17(11,4)13(3)19(18,6)22-16(21)14-7-9-15(20)10-8-14/h7-10,13H,1-6H3/t13-,17+,18+,19-/m1/s1. The molecular weight excluding hydrogens is 340 g/mol. The zero-order chi connectivity index (χ0) is 16.5. The molecule has 0 aromatic heterocycles. The lowest BCUT2D eigenvalue weighted by Crippen LogP contribution is -2.79. The van der Waals surface area contributed by atoms with Gasteiger partial charge in [0.05, 0.1) is 5.56 Å². The van der Waals surface area contributed by atoms with Crippen molar-refractivity contribution in [2.24, 2.45) is 16.7 Å². The number of allylic oxidation sites excluding steroid dienone is 1. The molecule has 118 valence electrons. The van der Waals surface area contributed by atoms with E-state index in [1.807, 2.05) is 12.1 Å². The zero-order valence-electron chi connectivity index (χ0n) is 14.1. The Balaban J connectivity index is 1.90. The summed E-state index contributed by atoms with van der Waals surface area (Å²) in [6.07, 6.45) is 0. The largest absolute Gasteiger partial charge is 0.454 e. The van der Waals surface area contributed by atoms with Crippen LogP contribution in [-0.2, 0) is 4.74 Å². The third kappa shape index (κ3) is 1.49. The Labute approximate surface area is 141 Å². The first-order valence-corrected chi connectivity index (χ1v) is 8.57. The second kappa shape index (κ2) is 4.47. The monoisotopic (exact) mass is 362 g/mol. The number of fused-ring (bicyclic) bond motifs is 1. The predicted molar refractivity (Wildman–Crippen MR) is 91.7 cm³/mol. The third-order valence-corrected chi connectivity index (χ3v) is 7.73. The Bertz CT molecular complexity index is 690. The van der Waals surface area contributed by atoms with Gasteiger partial charge in [0, 0.05) is 21.2 Å². The number of carbonyl (C=O) groups is 1. The van der Waals surface area contributed by atoms with Gasteiger partial charge in [-0.15, -0.1) is 0 Å². The fraction of sp³-hybridized carbons (Fsp3) is 0.526. The SMILES string of the molecule is CC1=C(C)[C@@]2(C)[C@@H](C)[C@@](C)(OC(=O)c3ccc(Br)cc3)[C@@]12C. The summed E-state index contributed by atoms with van der Waals surface area (Å²) in [7, 11) is 0. The summed E-state index contributed by atoms with van der Waals surface area (Å²) in [5, 5.41) is 0. The number of rotatable bonds is 2. The zero-order valence-corrected chi connectivity index (χ0v) is 15.7. The molecule has 0 unspecified atom stereocenters. The summed E-state index contributed by atoms with van der Waals surface area (Å²) in [4.78, 5) is 12.6. The van der Waals surface area contributed by atoms with E-state index in [2.05, 4.69) is 57.5 Å². The van der Waals surface area contributed by atoms with Gasteiger partial charge in [0.1, 0.15) is 5.60 Å². The summed E-state index contributed by atoms with van der Waals surface area (Å²) >= 11 is 3.39. The van der Waals surface area contributed by atoms with Crippen molar-refractivity contribution in [3.05, 3.63) is 45.4 Å². The molecule has 2 aliphatic rings. The van der Waals surface area contributed by atoms with Crippen LogP contribution in [-0.4, -0.2) is 11.6 Å². The molecule has 0 heterocycles. The van der Waals surface area contributed by atoms with E-state index in [-0.39, 0.29) is 16.8 Å². The summed E-state index contributed by atoms with van der Waals surface area (Å²) < 4.78 is 7.00. The average molecular weight is 363 g/mol. The van der Waals surface area contributed by atoms with E-state index < -0.39 is 5.60 Å². The van der Waals surface area contributed by atoms with E-state index in [1.54, 1.807) is 12.1 Å². The van der Waals surface area contributed by atoms with Gasteiger partial charge in [-0.05, 0) is 45.0 Å². The van der Waals surface area contributed by atoms with Crippen molar-refractivity contribution in [1.29, 1.82) is 0 Å². The van der Waals surface area contributed by atoms with Gasteiger partial charge in [0.15, 0.2) is 0 Å². The maximum Gasteiger partial charge on any atom is 0.338 e. The number of esters is 1. The predicted octanol–water partition coefficient (Wildman–Crippen LogP) is 5.38. The molecule has 0 bridgehead atoms. The van der Waals surface area contributed by atoms with E-state index >= 15 is 0 Å². The van der Waals surface area contributed by atoms with Crippen molar-refractivity contribution in [3.63, 3.8) is 0 Å². The lowest BCUT2D eigenvalue weighted by molar-refractivity contribution is -0.276. The van der Waals surface area contributed by atoms with Crippen LogP contribution in [0.15, 0.2) is 39.9 Å². The van der Waals surface area contributed by atoms with E-state index in [0.717, 1.165) is 4.47 Å². The molecule has 0 N–H and O–H groups in total. The van der Waals surface area contributed by atoms with E-state index in [9.17, 15) is 4.79 Å². The van der Waals surface area contributed by atoms with Crippen LogP contribution in [0.25, 0.3) is 0 Å². The molecule has 0 amide bonds. The van der Waals surface area contributed by atoms with E-state index in [1.165, 1.54) is 11.1 Å². The highest BCUT2D eigenvalue weighted by Crippen LogP contribution is 2.80. The molecule has 3 rings (SSSR count). The number of hydrogen-bond donors (Lipinski definition) is 0. The molecule has 2 aliphatic carbocycles. The molecule has 0 radical (unpaired) electrons. The molecule has 0 saturated heterocycles. The van der Waals surface area contributed by atoms with Crippen LogP contribution in [0.3, 0.4) is 0 Å². The molecule has 4 atom stereocenters. The molecule has 2 nitrogen and oxygen atoms in total. The van der Waals surface area contributed by atoms with Crippen molar-refractivity contribution in [2.45, 2.75) is 47.1 Å². The Morgan fingerprint density at radius 2 is 1.64 bits per heavy atom. The van der Waals surface area contributed by atoms with Crippen molar-refractivity contribution in [1.82, 2.24) is 0 Å². The van der Waals surface area contributed by atoms with Crippen molar-refractivity contribution >= 4 is 21.9 Å². The van der Waals surface area contributed by atoms with Gasteiger partial charge in [-0.25, -0.2) is 4.79 Å². The second-order valence-electron chi connectivity index (χ2n) is 7.30. The number of benzene rings is 1. The minimum atomic E-state index is -0.449. The van der Waals surface area contributed by atoms with Crippen LogP contribution in [0.1, 0.15) is 51.9 Å². The van der Waals surface area contributed by atoms with Gasteiger partial charge < -0.3 is 4.74 Å². The topological polar surface area (TPSA) is 26.3 Å². The van der Waals surface area contributed by atoms with Crippen LogP contribution in [0.5, 0.6) is 0 Å². The van der Waals surface area contributed by atoms with Gasteiger partial charge in [-0.3, -0.25) is 0 Å². The van der Waals surface area contributed by atoms with Crippen LogP contribution in [0.4, 0.5) is 0 Å². The summed E-state index contributed by atoms with van der Waals surface area (Å²) in [5.41, 5.74) is 3.07.